The highest BCUT2D eigenvalue weighted by atomic mass is 19.1. The van der Waals surface area contributed by atoms with Crippen molar-refractivity contribution in [1.82, 2.24) is 0 Å². The first-order chi connectivity index (χ1) is 15.6. The summed E-state index contributed by atoms with van der Waals surface area (Å²) >= 11 is 0. The molecule has 6 heteroatoms. The fraction of sp³-hybridized carbons (Fsp3) is 0.192. The molecule has 164 valence electrons. The number of ether oxygens (including phenoxy) is 4. The Hall–Kier alpha value is -3.98. The van der Waals surface area contributed by atoms with E-state index in [1.54, 1.807) is 56.7 Å². The zero-order chi connectivity index (χ0) is 22.9. The molecule has 0 unspecified atom stereocenters. The third-order valence-electron chi connectivity index (χ3n) is 4.68. The summed E-state index contributed by atoms with van der Waals surface area (Å²) in [6.07, 6.45) is 1.76. The molecule has 0 aliphatic carbocycles. The summed E-state index contributed by atoms with van der Waals surface area (Å²) < 4.78 is 35.6. The maximum absolute atomic E-state index is 13.4. The molecule has 0 aliphatic rings. The van der Waals surface area contributed by atoms with E-state index in [1.165, 1.54) is 12.1 Å². The summed E-state index contributed by atoms with van der Waals surface area (Å²) in [6.45, 7) is 2.54. The molecular weight excluding hydrogens is 409 g/mol. The molecule has 0 aromatic heterocycles. The van der Waals surface area contributed by atoms with Gasteiger partial charge in [0.05, 0.1) is 32.5 Å². The van der Waals surface area contributed by atoms with Gasteiger partial charge in [-0.25, -0.2) is 4.39 Å². The summed E-state index contributed by atoms with van der Waals surface area (Å²) in [5, 5.41) is 9.71. The second-order valence-corrected chi connectivity index (χ2v) is 6.80. The van der Waals surface area contributed by atoms with Crippen molar-refractivity contribution in [3.8, 4) is 29.1 Å². The van der Waals surface area contributed by atoms with Crippen LogP contribution in [0, 0.1) is 17.1 Å². The lowest BCUT2D eigenvalue weighted by Gasteiger charge is -2.13. The van der Waals surface area contributed by atoms with Crippen LogP contribution in [0.2, 0.25) is 0 Å². The van der Waals surface area contributed by atoms with Crippen LogP contribution in [-0.2, 0) is 6.61 Å². The third kappa shape index (κ3) is 5.58. The number of hydrogen-bond donors (Lipinski definition) is 0. The summed E-state index contributed by atoms with van der Waals surface area (Å²) in [5.74, 6) is 1.91. The highest BCUT2D eigenvalue weighted by molar-refractivity contribution is 5.90. The molecule has 32 heavy (non-hydrogen) atoms. The highest BCUT2D eigenvalue weighted by Gasteiger charge is 2.10. The van der Waals surface area contributed by atoms with Crippen LogP contribution in [-0.4, -0.2) is 20.8 Å². The first kappa shape index (κ1) is 22.7. The Morgan fingerprint density at radius 1 is 0.906 bits per heavy atom. The van der Waals surface area contributed by atoms with Gasteiger partial charge in [-0.05, 0) is 72.2 Å². The van der Waals surface area contributed by atoms with Crippen LogP contribution >= 0.6 is 0 Å². The summed E-state index contributed by atoms with van der Waals surface area (Å²) in [4.78, 5) is 0. The van der Waals surface area contributed by atoms with Gasteiger partial charge in [0.15, 0.2) is 23.0 Å². The molecule has 0 spiro atoms. The number of nitriles is 1. The standard InChI is InChI=1S/C26H24FNO4/c1-4-31-26-14-18(8-10-24(26)32-17-19-6-5-7-22(27)13-19)12-21(16-28)20-9-11-23(29-2)25(15-20)30-3/h5-15H,4,17H2,1-3H3/b21-12+. The van der Waals surface area contributed by atoms with Crippen molar-refractivity contribution in [3.05, 3.63) is 83.2 Å². The highest BCUT2D eigenvalue weighted by Crippen LogP contribution is 2.33. The molecule has 3 rings (SSSR count). The molecule has 0 atom stereocenters. The Balaban J connectivity index is 1.87. The predicted molar refractivity (Wildman–Crippen MR) is 121 cm³/mol. The molecule has 0 saturated heterocycles. The van der Waals surface area contributed by atoms with Crippen molar-refractivity contribution in [2.75, 3.05) is 20.8 Å². The number of allylic oxidation sites excluding steroid dienone is 1. The van der Waals surface area contributed by atoms with E-state index in [2.05, 4.69) is 6.07 Å². The zero-order valence-corrected chi connectivity index (χ0v) is 18.2. The Labute approximate surface area is 187 Å². The topological polar surface area (TPSA) is 60.7 Å². The van der Waals surface area contributed by atoms with Gasteiger partial charge in [0.25, 0.3) is 0 Å². The third-order valence-corrected chi connectivity index (χ3v) is 4.68. The van der Waals surface area contributed by atoms with Gasteiger partial charge in [-0.15, -0.1) is 0 Å². The molecular formula is C26H24FNO4. The molecule has 0 aliphatic heterocycles. The number of hydrogen-bond acceptors (Lipinski definition) is 5. The van der Waals surface area contributed by atoms with Gasteiger partial charge in [0.2, 0.25) is 0 Å². The van der Waals surface area contributed by atoms with Crippen LogP contribution in [0.25, 0.3) is 11.6 Å². The number of nitrogens with zero attached hydrogens (tertiary/aromatic N) is 1. The minimum absolute atomic E-state index is 0.210. The van der Waals surface area contributed by atoms with E-state index in [4.69, 9.17) is 18.9 Å². The lowest BCUT2D eigenvalue weighted by atomic mass is 10.0. The van der Waals surface area contributed by atoms with Crippen molar-refractivity contribution < 1.29 is 23.3 Å². The number of halogens is 1. The van der Waals surface area contributed by atoms with Crippen molar-refractivity contribution in [2.24, 2.45) is 0 Å². The molecule has 5 nitrogen and oxygen atoms in total. The van der Waals surface area contributed by atoms with Gasteiger partial charge < -0.3 is 18.9 Å². The normalized spacial score (nSPS) is 10.9. The average Bonchev–Trinajstić information content (AvgIpc) is 2.81. The maximum atomic E-state index is 13.4. The second-order valence-electron chi connectivity index (χ2n) is 6.80. The molecule has 3 aromatic carbocycles. The van der Waals surface area contributed by atoms with E-state index in [-0.39, 0.29) is 12.4 Å². The van der Waals surface area contributed by atoms with Gasteiger partial charge in [-0.2, -0.15) is 5.26 Å². The lowest BCUT2D eigenvalue weighted by Crippen LogP contribution is -2.00. The first-order valence-electron chi connectivity index (χ1n) is 10.1. The van der Waals surface area contributed by atoms with Gasteiger partial charge in [0, 0.05) is 0 Å². The summed E-state index contributed by atoms with van der Waals surface area (Å²) in [6, 6.07) is 19.2. The quantitative estimate of drug-likeness (QED) is 0.311. The molecule has 0 fully saturated rings. The summed E-state index contributed by atoms with van der Waals surface area (Å²) in [7, 11) is 3.11. The smallest absolute Gasteiger partial charge is 0.161 e. The predicted octanol–water partition coefficient (Wildman–Crippen LogP) is 5.88. The van der Waals surface area contributed by atoms with Crippen LogP contribution in [0.15, 0.2) is 60.7 Å². The SMILES string of the molecule is CCOc1cc(/C=C(\C#N)c2ccc(OC)c(OC)c2)ccc1OCc1cccc(F)c1. The second kappa shape index (κ2) is 10.9. The van der Waals surface area contributed by atoms with Crippen molar-refractivity contribution >= 4 is 11.6 Å². The Morgan fingerprint density at radius 2 is 1.69 bits per heavy atom. The van der Waals surface area contributed by atoms with Crippen molar-refractivity contribution in [3.63, 3.8) is 0 Å². The van der Waals surface area contributed by atoms with E-state index >= 15 is 0 Å². The Bertz CT molecular complexity index is 1150. The molecule has 0 N–H and O–H groups in total. The van der Waals surface area contributed by atoms with Crippen molar-refractivity contribution in [2.45, 2.75) is 13.5 Å². The van der Waals surface area contributed by atoms with E-state index in [0.717, 1.165) is 11.1 Å². The summed E-state index contributed by atoms with van der Waals surface area (Å²) in [5.41, 5.74) is 2.66. The number of benzene rings is 3. The largest absolute Gasteiger partial charge is 0.493 e. The molecule has 0 amide bonds. The maximum Gasteiger partial charge on any atom is 0.161 e. The van der Waals surface area contributed by atoms with Crippen LogP contribution in [0.4, 0.5) is 4.39 Å². The monoisotopic (exact) mass is 433 g/mol. The van der Waals surface area contributed by atoms with Gasteiger partial charge in [0.1, 0.15) is 12.4 Å². The molecule has 3 aromatic rings. The van der Waals surface area contributed by atoms with Crippen molar-refractivity contribution in [1.29, 1.82) is 5.26 Å². The number of methoxy groups -OCH3 is 2. The Kier molecular flexibility index (Phi) is 7.71. The fourth-order valence-electron chi connectivity index (χ4n) is 3.14. The average molecular weight is 433 g/mol. The minimum Gasteiger partial charge on any atom is -0.493 e. The van der Waals surface area contributed by atoms with Crippen LogP contribution in [0.3, 0.4) is 0 Å². The Morgan fingerprint density at radius 3 is 2.38 bits per heavy atom. The lowest BCUT2D eigenvalue weighted by molar-refractivity contribution is 0.269. The molecule has 0 bridgehead atoms. The van der Waals surface area contributed by atoms with E-state index < -0.39 is 0 Å². The van der Waals surface area contributed by atoms with Crippen LogP contribution in [0.1, 0.15) is 23.6 Å². The molecule has 0 heterocycles. The zero-order valence-electron chi connectivity index (χ0n) is 18.2. The fourth-order valence-corrected chi connectivity index (χ4v) is 3.14. The van der Waals surface area contributed by atoms with Crippen LogP contribution in [0.5, 0.6) is 23.0 Å². The molecule has 0 saturated carbocycles. The van der Waals surface area contributed by atoms with E-state index in [0.29, 0.717) is 40.7 Å². The van der Waals surface area contributed by atoms with Gasteiger partial charge in [-0.1, -0.05) is 18.2 Å². The first-order valence-corrected chi connectivity index (χ1v) is 10.1. The molecule has 0 radical (unpaired) electrons. The van der Waals surface area contributed by atoms with Crippen LogP contribution < -0.4 is 18.9 Å². The van der Waals surface area contributed by atoms with Gasteiger partial charge >= 0.3 is 0 Å². The number of rotatable bonds is 9. The van der Waals surface area contributed by atoms with E-state index in [1.807, 2.05) is 19.1 Å². The minimum atomic E-state index is -0.309. The van der Waals surface area contributed by atoms with E-state index in [9.17, 15) is 9.65 Å². The van der Waals surface area contributed by atoms with Gasteiger partial charge in [-0.3, -0.25) is 0 Å².